The monoisotopic (exact) mass is 434 g/mol. The van der Waals surface area contributed by atoms with Gasteiger partial charge in [0.15, 0.2) is 0 Å². The van der Waals surface area contributed by atoms with E-state index in [9.17, 15) is 24.6 Å². The third-order valence-electron chi connectivity index (χ3n) is 5.86. The van der Waals surface area contributed by atoms with E-state index in [2.05, 4.69) is 10.6 Å². The molecular formula is C23H34N2O6. The van der Waals surface area contributed by atoms with Crippen molar-refractivity contribution in [3.8, 4) is 5.75 Å². The fraction of sp³-hybridized carbons (Fsp3) is 0.609. The number of aromatic hydroxyl groups is 1. The fourth-order valence-electron chi connectivity index (χ4n) is 4.12. The Kier molecular flexibility index (Phi) is 9.78. The first-order valence-corrected chi connectivity index (χ1v) is 11.0. The number of aryl methyl sites for hydroxylation is 2. The number of carboxylic acids is 2. The van der Waals surface area contributed by atoms with E-state index in [-0.39, 0.29) is 11.7 Å². The molecule has 0 aliphatic heterocycles. The highest BCUT2D eigenvalue weighted by Gasteiger charge is 2.29. The number of benzene rings is 1. The van der Waals surface area contributed by atoms with Gasteiger partial charge in [-0.15, -0.1) is 0 Å². The van der Waals surface area contributed by atoms with Crippen LogP contribution in [0.4, 0.5) is 0 Å². The Morgan fingerprint density at radius 2 is 1.81 bits per heavy atom. The Labute approximate surface area is 183 Å². The summed E-state index contributed by atoms with van der Waals surface area (Å²) in [5.41, 5.74) is 1.74. The average molecular weight is 435 g/mol. The van der Waals surface area contributed by atoms with E-state index in [1.807, 2.05) is 19.1 Å². The number of phenols is 1. The molecule has 1 aromatic rings. The zero-order chi connectivity index (χ0) is 22.8. The largest absolute Gasteiger partial charge is 0.508 e. The van der Waals surface area contributed by atoms with Gasteiger partial charge in [0, 0.05) is 0 Å². The number of aliphatic carboxylic acids is 2. The number of carbonyl (C=O) groups excluding carboxylic acids is 1. The standard InChI is InChI=1S/C23H34N2O6/c1-15-9-10-17(20(26)12-15)8-5-11-24-18(14-21(27)28)22(29)25-19(23(30)31)13-16-6-3-2-4-7-16/h9-10,12,16,18-19,24,26H,2-8,11,13-14H2,1H3,(H,25,29)(H,27,28)(H,30,31)/t18-,19-/m0/s1. The second kappa shape index (κ2) is 12.3. The number of carbonyl (C=O) groups is 3. The van der Waals surface area contributed by atoms with E-state index in [4.69, 9.17) is 5.11 Å². The Hall–Kier alpha value is -2.61. The van der Waals surface area contributed by atoms with Gasteiger partial charge in [-0.1, -0.05) is 44.2 Å². The van der Waals surface area contributed by atoms with Crippen molar-refractivity contribution in [2.75, 3.05) is 6.54 Å². The number of amides is 1. The van der Waals surface area contributed by atoms with Crippen molar-refractivity contribution in [2.45, 2.75) is 76.8 Å². The molecule has 0 aromatic heterocycles. The Bertz CT molecular complexity index is 760. The van der Waals surface area contributed by atoms with Crippen LogP contribution in [-0.2, 0) is 20.8 Å². The molecular weight excluding hydrogens is 400 g/mol. The second-order valence-electron chi connectivity index (χ2n) is 8.48. The Morgan fingerprint density at radius 1 is 1.10 bits per heavy atom. The predicted molar refractivity (Wildman–Crippen MR) is 116 cm³/mol. The van der Waals surface area contributed by atoms with Gasteiger partial charge >= 0.3 is 11.9 Å². The lowest BCUT2D eigenvalue weighted by Gasteiger charge is -2.26. The van der Waals surface area contributed by atoms with Gasteiger partial charge < -0.3 is 26.0 Å². The van der Waals surface area contributed by atoms with Gasteiger partial charge in [-0.3, -0.25) is 9.59 Å². The number of carboxylic acid groups (broad SMARTS) is 2. The molecule has 1 aromatic carbocycles. The molecule has 8 nitrogen and oxygen atoms in total. The lowest BCUT2D eigenvalue weighted by molar-refractivity contribution is -0.143. The molecule has 5 N–H and O–H groups in total. The molecule has 1 aliphatic carbocycles. The summed E-state index contributed by atoms with van der Waals surface area (Å²) in [5, 5.41) is 34.1. The summed E-state index contributed by atoms with van der Waals surface area (Å²) in [6.45, 7) is 2.25. The highest BCUT2D eigenvalue weighted by atomic mass is 16.4. The van der Waals surface area contributed by atoms with Crippen molar-refractivity contribution in [1.29, 1.82) is 0 Å². The lowest BCUT2D eigenvalue weighted by Crippen LogP contribution is -2.51. The summed E-state index contributed by atoms with van der Waals surface area (Å²) in [7, 11) is 0. The molecule has 0 heterocycles. The second-order valence-corrected chi connectivity index (χ2v) is 8.48. The van der Waals surface area contributed by atoms with Gasteiger partial charge in [-0.2, -0.15) is 0 Å². The molecule has 172 valence electrons. The summed E-state index contributed by atoms with van der Waals surface area (Å²) in [6.07, 6.45) is 6.32. The van der Waals surface area contributed by atoms with Gasteiger partial charge in [0.1, 0.15) is 11.8 Å². The molecule has 8 heteroatoms. The minimum absolute atomic E-state index is 0.215. The zero-order valence-electron chi connectivity index (χ0n) is 18.1. The Morgan fingerprint density at radius 3 is 2.42 bits per heavy atom. The maximum Gasteiger partial charge on any atom is 0.326 e. The van der Waals surface area contributed by atoms with Crippen molar-refractivity contribution in [3.05, 3.63) is 29.3 Å². The van der Waals surface area contributed by atoms with Crippen LogP contribution in [0.25, 0.3) is 0 Å². The molecule has 2 atom stereocenters. The molecule has 0 radical (unpaired) electrons. The van der Waals surface area contributed by atoms with Crippen LogP contribution in [0.3, 0.4) is 0 Å². The van der Waals surface area contributed by atoms with Crippen LogP contribution in [-0.4, -0.2) is 51.8 Å². The van der Waals surface area contributed by atoms with Crippen LogP contribution in [0.2, 0.25) is 0 Å². The summed E-state index contributed by atoms with van der Waals surface area (Å²) in [6, 6.07) is 3.40. The number of phenolic OH excluding ortho intramolecular Hbond substituents is 1. The van der Waals surface area contributed by atoms with E-state index in [0.717, 1.165) is 43.2 Å². The SMILES string of the molecule is Cc1ccc(CCCN[C@@H](CC(=O)O)C(=O)N[C@@H](CC2CCCCC2)C(=O)O)c(O)c1. The maximum atomic E-state index is 12.7. The topological polar surface area (TPSA) is 136 Å². The average Bonchev–Trinajstić information content (AvgIpc) is 2.71. The number of nitrogens with one attached hydrogen (secondary N) is 2. The highest BCUT2D eigenvalue weighted by molar-refractivity contribution is 5.89. The molecule has 0 spiro atoms. The van der Waals surface area contributed by atoms with Crippen molar-refractivity contribution in [2.24, 2.45) is 5.92 Å². The van der Waals surface area contributed by atoms with Gasteiger partial charge in [0.25, 0.3) is 0 Å². The van der Waals surface area contributed by atoms with Crippen LogP contribution in [0.5, 0.6) is 5.75 Å². The minimum atomic E-state index is -1.14. The zero-order valence-corrected chi connectivity index (χ0v) is 18.1. The van der Waals surface area contributed by atoms with E-state index in [0.29, 0.717) is 25.8 Å². The summed E-state index contributed by atoms with van der Waals surface area (Å²) < 4.78 is 0. The van der Waals surface area contributed by atoms with E-state index in [1.54, 1.807) is 6.07 Å². The molecule has 1 fully saturated rings. The van der Waals surface area contributed by atoms with Gasteiger partial charge in [0.05, 0.1) is 12.5 Å². The number of hydrogen-bond acceptors (Lipinski definition) is 5. The normalized spacial score (nSPS) is 16.4. The minimum Gasteiger partial charge on any atom is -0.508 e. The lowest BCUT2D eigenvalue weighted by atomic mass is 9.85. The van der Waals surface area contributed by atoms with Crippen LogP contribution in [0.1, 0.15) is 62.5 Å². The fourth-order valence-corrected chi connectivity index (χ4v) is 4.12. The summed E-state index contributed by atoms with van der Waals surface area (Å²) >= 11 is 0. The quantitative estimate of drug-likeness (QED) is 0.319. The van der Waals surface area contributed by atoms with Crippen LogP contribution < -0.4 is 10.6 Å². The van der Waals surface area contributed by atoms with Crippen LogP contribution in [0.15, 0.2) is 18.2 Å². The third-order valence-corrected chi connectivity index (χ3v) is 5.86. The van der Waals surface area contributed by atoms with E-state index >= 15 is 0 Å². The third kappa shape index (κ3) is 8.57. The molecule has 0 saturated heterocycles. The van der Waals surface area contributed by atoms with Crippen molar-refractivity contribution in [3.63, 3.8) is 0 Å². The van der Waals surface area contributed by atoms with Gasteiger partial charge in [-0.05, 0) is 55.8 Å². The Balaban J connectivity index is 1.88. The highest BCUT2D eigenvalue weighted by Crippen LogP contribution is 2.27. The summed E-state index contributed by atoms with van der Waals surface area (Å²) in [5.74, 6) is -2.36. The van der Waals surface area contributed by atoms with E-state index in [1.165, 1.54) is 0 Å². The smallest absolute Gasteiger partial charge is 0.326 e. The van der Waals surface area contributed by atoms with E-state index < -0.39 is 36.4 Å². The van der Waals surface area contributed by atoms with Crippen LogP contribution >= 0.6 is 0 Å². The molecule has 1 aliphatic rings. The number of rotatable bonds is 12. The first-order valence-electron chi connectivity index (χ1n) is 11.0. The van der Waals surface area contributed by atoms with Crippen molar-refractivity contribution < 1.29 is 29.7 Å². The van der Waals surface area contributed by atoms with Gasteiger partial charge in [-0.25, -0.2) is 4.79 Å². The first kappa shape index (κ1) is 24.7. The maximum absolute atomic E-state index is 12.7. The number of hydrogen-bond donors (Lipinski definition) is 5. The van der Waals surface area contributed by atoms with Crippen molar-refractivity contribution in [1.82, 2.24) is 10.6 Å². The molecule has 1 saturated carbocycles. The molecule has 0 unspecified atom stereocenters. The van der Waals surface area contributed by atoms with Gasteiger partial charge in [0.2, 0.25) is 5.91 Å². The van der Waals surface area contributed by atoms with Crippen LogP contribution in [0, 0.1) is 12.8 Å². The molecule has 0 bridgehead atoms. The molecule has 31 heavy (non-hydrogen) atoms. The van der Waals surface area contributed by atoms with Crippen molar-refractivity contribution >= 4 is 17.8 Å². The first-order chi connectivity index (χ1) is 14.8. The predicted octanol–water partition coefficient (Wildman–Crippen LogP) is 2.61. The summed E-state index contributed by atoms with van der Waals surface area (Å²) in [4.78, 5) is 35.5. The molecule has 1 amide bonds. The molecule has 2 rings (SSSR count).